The third-order valence-electron chi connectivity index (χ3n) is 2.57. The number of nitrogens with two attached hydrogens (primary N) is 1. The number of likely N-dealkylation sites (N-methyl/N-ethyl adjacent to an activating group) is 1. The molecule has 1 atom stereocenters. The lowest BCUT2D eigenvalue weighted by Crippen LogP contribution is -2.44. The average molecular weight is 303 g/mol. The number of nitrogen functional groups attached to an aromatic ring is 1. The first kappa shape index (κ1) is 16.4. The highest BCUT2D eigenvalue weighted by molar-refractivity contribution is 7.89. The predicted octanol–water partition coefficient (Wildman–Crippen LogP) is -0.322. The monoisotopic (exact) mass is 303 g/mol. The molecule has 0 aliphatic heterocycles. The number of carbonyl (C=O) groups excluding carboxylic acids is 1. The molecule has 0 radical (unpaired) electrons. The largest absolute Gasteiger partial charge is 0.381 e. The van der Waals surface area contributed by atoms with E-state index in [1.807, 2.05) is 6.92 Å². The van der Waals surface area contributed by atoms with Crippen molar-refractivity contribution in [1.29, 1.82) is 0 Å². The van der Waals surface area contributed by atoms with Crippen molar-refractivity contribution in [1.82, 2.24) is 19.8 Å². The maximum atomic E-state index is 12.2. The zero-order chi connectivity index (χ0) is 15.3. The number of sulfonamides is 1. The van der Waals surface area contributed by atoms with Crippen LogP contribution in [0.4, 0.5) is 5.82 Å². The summed E-state index contributed by atoms with van der Waals surface area (Å²) < 4.78 is 28.1. The Morgan fingerprint density at radius 1 is 1.50 bits per heavy atom. The smallest absolute Gasteiger partial charge is 0.246 e. The van der Waals surface area contributed by atoms with E-state index in [2.05, 4.69) is 15.1 Å². The Hall–Kier alpha value is -1.61. The van der Waals surface area contributed by atoms with Gasteiger partial charge in [0.25, 0.3) is 0 Å². The van der Waals surface area contributed by atoms with Gasteiger partial charge in [0.2, 0.25) is 15.9 Å². The Morgan fingerprint density at radius 3 is 2.70 bits per heavy atom. The zero-order valence-electron chi connectivity index (χ0n) is 11.9. The van der Waals surface area contributed by atoms with Gasteiger partial charge in [-0.2, -0.15) is 9.82 Å². The summed E-state index contributed by atoms with van der Waals surface area (Å²) in [6.45, 7) is 6.18. The van der Waals surface area contributed by atoms with Gasteiger partial charge in [-0.1, -0.05) is 6.92 Å². The van der Waals surface area contributed by atoms with E-state index < -0.39 is 22.0 Å². The van der Waals surface area contributed by atoms with Crippen molar-refractivity contribution in [2.45, 2.75) is 44.7 Å². The number of aryl methyl sites for hydroxylation is 1. The molecule has 1 unspecified atom stereocenters. The molecule has 8 nitrogen and oxygen atoms in total. The number of amides is 1. The molecule has 114 valence electrons. The van der Waals surface area contributed by atoms with Crippen LogP contribution in [0.25, 0.3) is 0 Å². The molecule has 0 bridgehead atoms. The molecule has 9 heteroatoms. The van der Waals surface area contributed by atoms with Crippen LogP contribution in [0.15, 0.2) is 11.1 Å². The Balaban J connectivity index is 2.91. The molecule has 1 aromatic heterocycles. The van der Waals surface area contributed by atoms with Gasteiger partial charge in [0.05, 0.1) is 6.04 Å². The number of hydrogen-bond acceptors (Lipinski definition) is 5. The molecular weight excluding hydrogens is 282 g/mol. The van der Waals surface area contributed by atoms with Gasteiger partial charge < -0.3 is 11.1 Å². The van der Waals surface area contributed by atoms with Crippen molar-refractivity contribution < 1.29 is 13.2 Å². The fraction of sp³-hybridized carbons (Fsp3) is 0.636. The van der Waals surface area contributed by atoms with E-state index in [4.69, 9.17) is 5.73 Å². The van der Waals surface area contributed by atoms with E-state index in [1.165, 1.54) is 17.8 Å². The van der Waals surface area contributed by atoms with Crippen LogP contribution in [0.5, 0.6) is 0 Å². The summed E-state index contributed by atoms with van der Waals surface area (Å²) in [6, 6.07) is -0.881. The van der Waals surface area contributed by atoms with Gasteiger partial charge >= 0.3 is 0 Å². The van der Waals surface area contributed by atoms with E-state index in [9.17, 15) is 13.2 Å². The average Bonchev–Trinajstić information content (AvgIpc) is 2.71. The van der Waals surface area contributed by atoms with Crippen LogP contribution in [-0.2, 0) is 21.4 Å². The van der Waals surface area contributed by atoms with Gasteiger partial charge in [-0.25, -0.2) is 8.42 Å². The normalized spacial score (nSPS) is 13.2. The van der Waals surface area contributed by atoms with Crippen molar-refractivity contribution >= 4 is 21.7 Å². The minimum atomic E-state index is -3.87. The second-order valence-corrected chi connectivity index (χ2v) is 6.06. The van der Waals surface area contributed by atoms with Gasteiger partial charge in [0.1, 0.15) is 4.90 Å². The number of rotatable bonds is 7. The highest BCUT2D eigenvalue weighted by atomic mass is 32.2. The zero-order valence-corrected chi connectivity index (χ0v) is 12.7. The highest BCUT2D eigenvalue weighted by Gasteiger charge is 2.25. The number of hydrogen-bond donors (Lipinski definition) is 3. The van der Waals surface area contributed by atoms with Crippen LogP contribution in [0.3, 0.4) is 0 Å². The minimum absolute atomic E-state index is 0.0750. The number of aromatic nitrogens is 2. The molecule has 0 saturated carbocycles. The predicted molar refractivity (Wildman–Crippen MR) is 75.4 cm³/mol. The maximum Gasteiger partial charge on any atom is 0.246 e. The topological polar surface area (TPSA) is 119 Å². The van der Waals surface area contributed by atoms with Crippen molar-refractivity contribution in [3.63, 3.8) is 0 Å². The van der Waals surface area contributed by atoms with Gasteiger partial charge in [-0.05, 0) is 20.3 Å². The van der Waals surface area contributed by atoms with Crippen molar-refractivity contribution in [2.75, 3.05) is 12.3 Å². The standard InChI is InChI=1S/C11H21N5O3S/c1-4-6-16-7-9(10(12)14-16)20(18,19)15-8(3)11(17)13-5-2/h7-8,15H,4-6H2,1-3H3,(H2,12,14)(H,13,17). The molecule has 0 aliphatic carbocycles. The summed E-state index contributed by atoms with van der Waals surface area (Å²) in [5.41, 5.74) is 5.62. The van der Waals surface area contributed by atoms with Crippen molar-refractivity contribution in [2.24, 2.45) is 0 Å². The van der Waals surface area contributed by atoms with E-state index in [0.717, 1.165) is 6.42 Å². The number of anilines is 1. The van der Waals surface area contributed by atoms with E-state index in [1.54, 1.807) is 6.92 Å². The Morgan fingerprint density at radius 2 is 2.15 bits per heavy atom. The Bertz CT molecular complexity index is 567. The first-order chi connectivity index (χ1) is 9.31. The van der Waals surface area contributed by atoms with E-state index in [0.29, 0.717) is 13.1 Å². The summed E-state index contributed by atoms with van der Waals surface area (Å²) in [5, 5.41) is 6.47. The highest BCUT2D eigenvalue weighted by Crippen LogP contribution is 2.16. The second-order valence-electron chi connectivity index (χ2n) is 4.38. The van der Waals surface area contributed by atoms with Gasteiger partial charge in [0, 0.05) is 19.3 Å². The first-order valence-electron chi connectivity index (χ1n) is 6.44. The quantitative estimate of drug-likeness (QED) is 0.637. The lowest BCUT2D eigenvalue weighted by molar-refractivity contribution is -0.122. The molecule has 0 fully saturated rings. The molecule has 1 rings (SSSR count). The lowest BCUT2D eigenvalue weighted by Gasteiger charge is -2.12. The second kappa shape index (κ2) is 6.71. The fourth-order valence-electron chi connectivity index (χ4n) is 1.65. The summed E-state index contributed by atoms with van der Waals surface area (Å²) in [7, 11) is -3.87. The third kappa shape index (κ3) is 3.94. The number of nitrogens with one attached hydrogen (secondary N) is 2. The minimum Gasteiger partial charge on any atom is -0.381 e. The lowest BCUT2D eigenvalue weighted by atomic mass is 10.3. The van der Waals surface area contributed by atoms with Crippen molar-refractivity contribution in [3.05, 3.63) is 6.20 Å². The Labute approximate surface area is 118 Å². The van der Waals surface area contributed by atoms with E-state index >= 15 is 0 Å². The van der Waals surface area contributed by atoms with Crippen LogP contribution in [0, 0.1) is 0 Å². The summed E-state index contributed by atoms with van der Waals surface area (Å²) >= 11 is 0. The summed E-state index contributed by atoms with van der Waals surface area (Å²) in [6.07, 6.45) is 2.18. The first-order valence-corrected chi connectivity index (χ1v) is 7.93. The molecule has 0 aliphatic rings. The van der Waals surface area contributed by atoms with Gasteiger partial charge in [0.15, 0.2) is 5.82 Å². The van der Waals surface area contributed by atoms with E-state index in [-0.39, 0.29) is 10.7 Å². The summed E-state index contributed by atoms with van der Waals surface area (Å²) in [4.78, 5) is 11.4. The van der Waals surface area contributed by atoms with Crippen LogP contribution in [-0.4, -0.2) is 36.7 Å². The maximum absolute atomic E-state index is 12.2. The third-order valence-corrected chi connectivity index (χ3v) is 4.13. The molecule has 0 aromatic carbocycles. The van der Waals surface area contributed by atoms with Gasteiger partial charge in [-0.15, -0.1) is 0 Å². The van der Waals surface area contributed by atoms with Crippen LogP contribution < -0.4 is 15.8 Å². The van der Waals surface area contributed by atoms with Crippen LogP contribution >= 0.6 is 0 Å². The Kier molecular flexibility index (Phi) is 5.52. The number of carbonyl (C=O) groups is 1. The van der Waals surface area contributed by atoms with Crippen molar-refractivity contribution in [3.8, 4) is 0 Å². The molecule has 1 amide bonds. The molecule has 1 heterocycles. The summed E-state index contributed by atoms with van der Waals surface area (Å²) in [5.74, 6) is -0.468. The molecule has 0 saturated heterocycles. The fourth-order valence-corrected chi connectivity index (χ4v) is 2.92. The SMILES string of the molecule is CCCn1cc(S(=O)(=O)NC(C)C(=O)NCC)c(N)n1. The van der Waals surface area contributed by atoms with Crippen LogP contribution in [0.1, 0.15) is 27.2 Å². The number of nitrogens with zero attached hydrogens (tertiary/aromatic N) is 2. The van der Waals surface area contributed by atoms with Gasteiger partial charge in [-0.3, -0.25) is 9.48 Å². The molecule has 4 N–H and O–H groups in total. The molecular formula is C11H21N5O3S. The molecule has 20 heavy (non-hydrogen) atoms. The molecule has 1 aromatic rings. The molecule has 0 spiro atoms. The van der Waals surface area contributed by atoms with Crippen LogP contribution in [0.2, 0.25) is 0 Å².